The van der Waals surface area contributed by atoms with Gasteiger partial charge in [0.25, 0.3) is 0 Å². The third kappa shape index (κ3) is 3.05. The number of rotatable bonds is 3. The van der Waals surface area contributed by atoms with Gasteiger partial charge in [-0.05, 0) is 42.1 Å². The van der Waals surface area contributed by atoms with Gasteiger partial charge in [0, 0.05) is 17.0 Å². The topological polar surface area (TPSA) is 52.6 Å². The summed E-state index contributed by atoms with van der Waals surface area (Å²) >= 11 is 1.52. The van der Waals surface area contributed by atoms with Gasteiger partial charge in [0.05, 0.1) is 11.1 Å². The Morgan fingerprint density at radius 2 is 1.96 bits per heavy atom. The quantitative estimate of drug-likeness (QED) is 0.378. The Morgan fingerprint density at radius 1 is 1.12 bits per heavy atom. The molecule has 0 saturated heterocycles. The molecule has 0 aliphatic carbocycles. The molecule has 2 aromatic carbocycles. The minimum absolute atomic E-state index is 0.176. The maximum atomic E-state index is 12.4. The molecule has 0 fully saturated rings. The summed E-state index contributed by atoms with van der Waals surface area (Å²) in [4.78, 5) is 25.7. The van der Waals surface area contributed by atoms with Gasteiger partial charge in [-0.25, -0.2) is 4.79 Å². The lowest BCUT2D eigenvalue weighted by atomic mass is 10.1. The van der Waals surface area contributed by atoms with E-state index in [4.69, 9.17) is 9.47 Å². The molecule has 1 aliphatic rings. The minimum Gasteiger partial charge on any atom is -0.452 e. The number of ether oxygens (including phenoxy) is 2. The van der Waals surface area contributed by atoms with Crippen LogP contribution in [-0.4, -0.2) is 11.8 Å². The monoisotopic (exact) mass is 362 g/mol. The van der Waals surface area contributed by atoms with Crippen LogP contribution in [0.1, 0.15) is 31.2 Å². The number of benzene rings is 2. The first-order valence-electron chi connectivity index (χ1n) is 8.01. The van der Waals surface area contributed by atoms with Gasteiger partial charge in [-0.15, -0.1) is 11.3 Å². The Morgan fingerprint density at radius 3 is 2.73 bits per heavy atom. The molecule has 0 amide bonds. The number of esters is 1. The van der Waals surface area contributed by atoms with E-state index in [1.807, 2.05) is 36.6 Å². The molecule has 3 aromatic rings. The molecule has 0 unspecified atom stereocenters. The van der Waals surface area contributed by atoms with Crippen LogP contribution in [0, 0.1) is 6.92 Å². The highest BCUT2D eigenvalue weighted by Gasteiger charge is 2.28. The smallest absolute Gasteiger partial charge is 0.343 e. The summed E-state index contributed by atoms with van der Waals surface area (Å²) in [6, 6.07) is 15.8. The second kappa shape index (κ2) is 6.61. The van der Waals surface area contributed by atoms with Crippen LogP contribution >= 0.6 is 11.3 Å². The van der Waals surface area contributed by atoms with Crippen LogP contribution in [0.15, 0.2) is 65.7 Å². The first kappa shape index (κ1) is 16.3. The maximum Gasteiger partial charge on any atom is 0.343 e. The molecule has 1 aliphatic heterocycles. The number of hydrogen-bond donors (Lipinski definition) is 0. The predicted molar refractivity (Wildman–Crippen MR) is 99.8 cm³/mol. The van der Waals surface area contributed by atoms with Gasteiger partial charge in [0.1, 0.15) is 11.5 Å². The fraction of sp³-hybridized carbons (Fsp3) is 0.0476. The molecule has 0 radical (unpaired) electrons. The standard InChI is InChI=1S/C21H14O4S/c1-13-5-2-3-7-16(13)21(23)24-14-8-9-17-18(11-14)25-19(20(17)22)12-15-6-4-10-26-15/h2-12H,1H3. The summed E-state index contributed by atoms with van der Waals surface area (Å²) in [6.45, 7) is 1.85. The van der Waals surface area contributed by atoms with Crippen molar-refractivity contribution in [1.82, 2.24) is 0 Å². The summed E-state index contributed by atoms with van der Waals surface area (Å²) in [6.07, 6.45) is 1.71. The average Bonchev–Trinajstić information content (AvgIpc) is 3.24. The average molecular weight is 362 g/mol. The van der Waals surface area contributed by atoms with E-state index in [1.165, 1.54) is 11.3 Å². The lowest BCUT2D eigenvalue weighted by Gasteiger charge is -2.07. The number of allylic oxidation sites excluding steroid dienone is 1. The molecule has 5 heteroatoms. The van der Waals surface area contributed by atoms with E-state index in [2.05, 4.69) is 0 Å². The van der Waals surface area contributed by atoms with Crippen LogP contribution in [-0.2, 0) is 0 Å². The van der Waals surface area contributed by atoms with Crippen molar-refractivity contribution in [2.75, 3.05) is 0 Å². The van der Waals surface area contributed by atoms with Gasteiger partial charge in [0.15, 0.2) is 5.76 Å². The number of Topliss-reactive ketones (excluding diaryl/α,β-unsaturated/α-hetero) is 1. The molecule has 4 nitrogen and oxygen atoms in total. The van der Waals surface area contributed by atoms with Crippen molar-refractivity contribution in [1.29, 1.82) is 0 Å². The number of thiophene rings is 1. The third-order valence-corrected chi connectivity index (χ3v) is 4.85. The van der Waals surface area contributed by atoms with Crippen molar-refractivity contribution >= 4 is 29.2 Å². The van der Waals surface area contributed by atoms with Crippen LogP contribution < -0.4 is 9.47 Å². The van der Waals surface area contributed by atoms with Crippen molar-refractivity contribution in [2.24, 2.45) is 0 Å². The normalized spacial score (nSPS) is 14.2. The Balaban J connectivity index is 1.57. The molecular weight excluding hydrogens is 348 g/mol. The van der Waals surface area contributed by atoms with Gasteiger partial charge < -0.3 is 9.47 Å². The maximum absolute atomic E-state index is 12.4. The molecular formula is C21H14O4S. The van der Waals surface area contributed by atoms with E-state index >= 15 is 0 Å². The molecule has 128 valence electrons. The highest BCUT2D eigenvalue weighted by molar-refractivity contribution is 7.10. The molecule has 0 atom stereocenters. The number of aryl methyl sites for hydroxylation is 1. The second-order valence-corrected chi connectivity index (χ2v) is 6.80. The van der Waals surface area contributed by atoms with Gasteiger partial charge >= 0.3 is 5.97 Å². The van der Waals surface area contributed by atoms with Crippen LogP contribution in [0.2, 0.25) is 0 Å². The van der Waals surface area contributed by atoms with Gasteiger partial charge in [-0.2, -0.15) is 0 Å². The molecule has 26 heavy (non-hydrogen) atoms. The predicted octanol–water partition coefficient (Wildman–Crippen LogP) is 4.89. The van der Waals surface area contributed by atoms with Crippen LogP contribution in [0.4, 0.5) is 0 Å². The van der Waals surface area contributed by atoms with Crippen molar-refractivity contribution in [3.8, 4) is 11.5 Å². The number of ketones is 1. The molecule has 1 aromatic heterocycles. The summed E-state index contributed by atoms with van der Waals surface area (Å²) in [5.41, 5.74) is 1.80. The third-order valence-electron chi connectivity index (χ3n) is 4.03. The lowest BCUT2D eigenvalue weighted by Crippen LogP contribution is -2.10. The van der Waals surface area contributed by atoms with Crippen molar-refractivity contribution in [2.45, 2.75) is 6.92 Å². The first-order valence-corrected chi connectivity index (χ1v) is 8.89. The minimum atomic E-state index is -0.443. The summed E-state index contributed by atoms with van der Waals surface area (Å²) in [5, 5.41) is 1.93. The van der Waals surface area contributed by atoms with Crippen molar-refractivity contribution < 1.29 is 19.1 Å². The van der Waals surface area contributed by atoms with Crippen LogP contribution in [0.3, 0.4) is 0 Å². The highest BCUT2D eigenvalue weighted by atomic mass is 32.1. The van der Waals surface area contributed by atoms with E-state index in [9.17, 15) is 9.59 Å². The second-order valence-electron chi connectivity index (χ2n) is 5.82. The Labute approximate surface area is 154 Å². The Kier molecular flexibility index (Phi) is 4.14. The van der Waals surface area contributed by atoms with E-state index in [1.54, 1.807) is 36.4 Å². The number of fused-ring (bicyclic) bond motifs is 1. The van der Waals surface area contributed by atoms with E-state index in [0.29, 0.717) is 22.6 Å². The summed E-state index contributed by atoms with van der Waals surface area (Å²) < 4.78 is 11.1. The Hall–Kier alpha value is -3.18. The van der Waals surface area contributed by atoms with Crippen LogP contribution in [0.25, 0.3) is 6.08 Å². The number of carbonyl (C=O) groups excluding carboxylic acids is 2. The zero-order valence-corrected chi connectivity index (χ0v) is 14.7. The fourth-order valence-corrected chi connectivity index (χ4v) is 3.34. The fourth-order valence-electron chi connectivity index (χ4n) is 2.70. The zero-order valence-electron chi connectivity index (χ0n) is 13.9. The highest BCUT2D eigenvalue weighted by Crippen LogP contribution is 2.35. The molecule has 0 spiro atoms. The largest absolute Gasteiger partial charge is 0.452 e. The van der Waals surface area contributed by atoms with Gasteiger partial charge in [0.2, 0.25) is 5.78 Å². The summed E-state index contributed by atoms with van der Waals surface area (Å²) in [5.74, 6) is 0.381. The molecule has 0 N–H and O–H groups in total. The molecule has 4 rings (SSSR count). The van der Waals surface area contributed by atoms with Crippen molar-refractivity contribution in [3.63, 3.8) is 0 Å². The van der Waals surface area contributed by atoms with E-state index < -0.39 is 5.97 Å². The molecule has 0 saturated carbocycles. The van der Waals surface area contributed by atoms with E-state index in [-0.39, 0.29) is 11.5 Å². The van der Waals surface area contributed by atoms with Gasteiger partial charge in [-0.1, -0.05) is 24.3 Å². The summed E-state index contributed by atoms with van der Waals surface area (Å²) in [7, 11) is 0. The lowest BCUT2D eigenvalue weighted by molar-refractivity contribution is 0.0733. The van der Waals surface area contributed by atoms with Gasteiger partial charge in [-0.3, -0.25) is 4.79 Å². The van der Waals surface area contributed by atoms with E-state index in [0.717, 1.165) is 10.4 Å². The number of carbonyl (C=O) groups is 2. The zero-order chi connectivity index (χ0) is 18.1. The van der Waals surface area contributed by atoms with Crippen LogP contribution in [0.5, 0.6) is 11.5 Å². The molecule has 0 bridgehead atoms. The van der Waals surface area contributed by atoms with Crippen molar-refractivity contribution in [3.05, 3.63) is 87.3 Å². The molecule has 2 heterocycles. The first-order chi connectivity index (χ1) is 12.6. The Bertz CT molecular complexity index is 1030. The number of hydrogen-bond acceptors (Lipinski definition) is 5. The SMILES string of the molecule is Cc1ccccc1C(=O)Oc1ccc2c(c1)OC(=Cc1cccs1)C2=O.